The third-order valence-corrected chi connectivity index (χ3v) is 0.672. The first-order chi connectivity index (χ1) is 5.00. The zero-order chi connectivity index (χ0) is 8.48. The largest absolute Gasteiger partial charge is 0.382 e. The fourth-order valence-electron chi connectivity index (χ4n) is 0.338. The Kier molecular flexibility index (Phi) is 0.541. The van der Waals surface area contributed by atoms with Crippen LogP contribution < -0.4 is 5.73 Å². The fraction of sp³-hybridized carbons (Fsp3) is 0.200. The summed E-state index contributed by atoms with van der Waals surface area (Å²) < 4.78 is 20.8. The molecule has 3 heteroatoms. The quantitative estimate of drug-likeness (QED) is 0.527. The molecule has 0 radical (unpaired) electrons. The van der Waals surface area contributed by atoms with Gasteiger partial charge in [-0.25, -0.2) is 4.98 Å². The number of aryl methyl sites for hydroxylation is 1. The van der Waals surface area contributed by atoms with Gasteiger partial charge in [0, 0.05) is 4.11 Å². The highest BCUT2D eigenvalue weighted by Crippen LogP contribution is 1.91. The van der Waals surface area contributed by atoms with Gasteiger partial charge < -0.3 is 5.73 Å². The van der Waals surface area contributed by atoms with Crippen LogP contribution in [0.15, 0.2) is 12.4 Å². The van der Waals surface area contributed by atoms with Crippen molar-refractivity contribution in [2.24, 2.45) is 0 Å². The minimum Gasteiger partial charge on any atom is -0.382 e. The molecule has 42 valence electrons. The molecule has 0 atom stereocenters. The number of nitrogen functional groups attached to an aromatic ring is 1. The zero-order valence-electron chi connectivity index (χ0n) is 7.13. The first-order valence-corrected chi connectivity index (χ1v) is 2.08. The summed E-state index contributed by atoms with van der Waals surface area (Å²) in [5, 5.41) is 0. The van der Waals surface area contributed by atoms with E-state index < -0.39 is 6.85 Å². The molecule has 1 rings (SSSR count). The lowest BCUT2D eigenvalue weighted by molar-refractivity contribution is 1.13. The second-order valence-electron chi connectivity index (χ2n) is 1.33. The highest BCUT2D eigenvalue weighted by atomic mass is 14.9. The van der Waals surface area contributed by atoms with Crippen LogP contribution >= 0.6 is 0 Å². The van der Waals surface area contributed by atoms with Crippen molar-refractivity contribution >= 4 is 5.82 Å². The van der Waals surface area contributed by atoms with Gasteiger partial charge in [-0.1, -0.05) is 0 Å². The van der Waals surface area contributed by atoms with Gasteiger partial charge in [-0.05, 0) is 6.85 Å². The van der Waals surface area contributed by atoms with Crippen LogP contribution in [0.4, 0.5) is 5.82 Å². The molecule has 0 bridgehead atoms. The van der Waals surface area contributed by atoms with Crippen LogP contribution in [-0.4, -0.2) is 9.97 Å². The van der Waals surface area contributed by atoms with Crippen molar-refractivity contribution in [2.45, 2.75) is 6.85 Å². The van der Waals surface area contributed by atoms with Gasteiger partial charge in [-0.15, -0.1) is 0 Å². The molecule has 0 fully saturated rings. The molecule has 0 saturated carbocycles. The van der Waals surface area contributed by atoms with Crippen LogP contribution in [0.3, 0.4) is 0 Å². The summed E-state index contributed by atoms with van der Waals surface area (Å²) in [5.41, 5.74) is 5.18. The Balaban J connectivity index is 2.99. The second kappa shape index (κ2) is 1.78. The van der Waals surface area contributed by atoms with E-state index in [0.717, 1.165) is 6.20 Å². The Bertz CT molecular complexity index is 240. The Morgan fingerprint density at radius 1 is 1.62 bits per heavy atom. The molecule has 1 aromatic rings. The fourth-order valence-corrected chi connectivity index (χ4v) is 0.338. The Morgan fingerprint density at radius 2 is 2.50 bits per heavy atom. The van der Waals surface area contributed by atoms with Crippen LogP contribution in [0.1, 0.15) is 9.81 Å². The van der Waals surface area contributed by atoms with Crippen molar-refractivity contribution in [1.82, 2.24) is 9.97 Å². The van der Waals surface area contributed by atoms with E-state index in [1.165, 1.54) is 6.20 Å². The number of hydrogen-bond acceptors (Lipinski definition) is 3. The molecule has 0 amide bonds. The summed E-state index contributed by atoms with van der Waals surface area (Å²) in [6, 6.07) is 0. The molecule has 0 aliphatic rings. The SMILES string of the molecule is [2H]C([2H])([2H])c1cnc(N)cn1. The number of anilines is 1. The van der Waals surface area contributed by atoms with E-state index in [1.807, 2.05) is 0 Å². The maximum absolute atomic E-state index is 6.93. The molecule has 0 aliphatic carbocycles. The molecular weight excluding hydrogens is 102 g/mol. The monoisotopic (exact) mass is 112 g/mol. The van der Waals surface area contributed by atoms with Crippen LogP contribution in [0, 0.1) is 6.85 Å². The summed E-state index contributed by atoms with van der Waals surface area (Å²) in [5.74, 6) is 0.220. The Hall–Kier alpha value is -1.12. The lowest BCUT2D eigenvalue weighted by Crippen LogP contribution is -1.90. The first kappa shape index (κ1) is 2.44. The van der Waals surface area contributed by atoms with Gasteiger partial charge >= 0.3 is 0 Å². The van der Waals surface area contributed by atoms with Gasteiger partial charge in [0.15, 0.2) is 0 Å². The van der Waals surface area contributed by atoms with Crippen molar-refractivity contribution in [1.29, 1.82) is 0 Å². The zero-order valence-corrected chi connectivity index (χ0v) is 4.13. The van der Waals surface area contributed by atoms with E-state index in [-0.39, 0.29) is 11.5 Å². The van der Waals surface area contributed by atoms with E-state index in [1.54, 1.807) is 0 Å². The van der Waals surface area contributed by atoms with E-state index in [0.29, 0.717) is 0 Å². The van der Waals surface area contributed by atoms with Crippen LogP contribution in [0.25, 0.3) is 0 Å². The summed E-state index contributed by atoms with van der Waals surface area (Å²) in [6.45, 7) is -2.19. The van der Waals surface area contributed by atoms with Crippen LogP contribution in [-0.2, 0) is 0 Å². The van der Waals surface area contributed by atoms with Crippen molar-refractivity contribution in [3.05, 3.63) is 18.1 Å². The average Bonchev–Trinajstić information content (AvgIpc) is 1.86. The average molecular weight is 112 g/mol. The number of hydrogen-bond donors (Lipinski definition) is 1. The Labute approximate surface area is 51.8 Å². The normalized spacial score (nSPS) is 16.2. The molecule has 2 N–H and O–H groups in total. The molecule has 1 aromatic heterocycles. The van der Waals surface area contributed by atoms with Gasteiger partial charge in [-0.3, -0.25) is 4.98 Å². The predicted molar refractivity (Wildman–Crippen MR) is 31.2 cm³/mol. The molecule has 0 unspecified atom stereocenters. The van der Waals surface area contributed by atoms with Gasteiger partial charge in [0.05, 0.1) is 18.1 Å². The summed E-state index contributed by atoms with van der Waals surface area (Å²) >= 11 is 0. The van der Waals surface area contributed by atoms with E-state index >= 15 is 0 Å². The van der Waals surface area contributed by atoms with Gasteiger partial charge in [-0.2, -0.15) is 0 Å². The van der Waals surface area contributed by atoms with Gasteiger partial charge in [0.2, 0.25) is 0 Å². The maximum Gasteiger partial charge on any atom is 0.141 e. The topological polar surface area (TPSA) is 51.8 Å². The molecule has 8 heavy (non-hydrogen) atoms. The highest BCUT2D eigenvalue weighted by molar-refractivity contribution is 5.22. The van der Waals surface area contributed by atoms with Gasteiger partial charge in [0.25, 0.3) is 0 Å². The summed E-state index contributed by atoms with van der Waals surface area (Å²) in [4.78, 5) is 7.20. The van der Waals surface area contributed by atoms with Crippen LogP contribution in [0.2, 0.25) is 0 Å². The third kappa shape index (κ3) is 0.932. The third-order valence-electron chi connectivity index (χ3n) is 0.672. The molecule has 0 saturated heterocycles. The minimum absolute atomic E-state index is 0.0355. The second-order valence-corrected chi connectivity index (χ2v) is 1.33. The molecule has 0 aromatic carbocycles. The lowest BCUT2D eigenvalue weighted by atomic mass is 10.5. The standard InChI is InChI=1S/C5H7N3/c1-4-2-8-5(6)3-7-4/h2-3H,1H3,(H2,6,8)/i1D3. The van der Waals surface area contributed by atoms with E-state index in [9.17, 15) is 0 Å². The number of rotatable bonds is 0. The molecule has 3 nitrogen and oxygen atoms in total. The van der Waals surface area contributed by atoms with E-state index in [4.69, 9.17) is 9.85 Å². The number of aromatic nitrogens is 2. The highest BCUT2D eigenvalue weighted by Gasteiger charge is 1.83. The first-order valence-electron chi connectivity index (χ1n) is 3.58. The molecular formula is C5H7N3. The van der Waals surface area contributed by atoms with E-state index in [2.05, 4.69) is 9.97 Å². The van der Waals surface area contributed by atoms with Gasteiger partial charge in [0.1, 0.15) is 5.82 Å². The molecule has 0 aliphatic heterocycles. The lowest BCUT2D eigenvalue weighted by Gasteiger charge is -1.88. The summed E-state index contributed by atoms with van der Waals surface area (Å²) in [6.07, 6.45) is 2.38. The predicted octanol–water partition coefficient (Wildman–Crippen LogP) is 0.367. The van der Waals surface area contributed by atoms with Crippen molar-refractivity contribution < 1.29 is 4.11 Å². The van der Waals surface area contributed by atoms with Crippen molar-refractivity contribution in [2.75, 3.05) is 5.73 Å². The smallest absolute Gasteiger partial charge is 0.141 e. The molecule has 0 spiro atoms. The number of nitrogens with two attached hydrogens (primary N) is 1. The summed E-state index contributed by atoms with van der Waals surface area (Å²) in [7, 11) is 0. The minimum atomic E-state index is -2.19. The van der Waals surface area contributed by atoms with Crippen molar-refractivity contribution in [3.63, 3.8) is 0 Å². The maximum atomic E-state index is 6.93. The number of nitrogens with zero attached hydrogens (tertiary/aromatic N) is 2. The molecule has 1 heterocycles. The van der Waals surface area contributed by atoms with Crippen LogP contribution in [0.5, 0.6) is 0 Å². The van der Waals surface area contributed by atoms with Crippen molar-refractivity contribution in [3.8, 4) is 0 Å². The Morgan fingerprint density at radius 3 is 3.00 bits per heavy atom.